The van der Waals surface area contributed by atoms with E-state index in [9.17, 15) is 23.6 Å². The molecular formula is C26H38FN5O5. The smallest absolute Gasteiger partial charge is 0.408 e. The Morgan fingerprint density at radius 3 is 2.51 bits per heavy atom. The SMILES string of the molecule is CC(C)[C@H](NC(=O)OCc1ccccc1)C(=O)N1CCC[C@H]1C(=O)C[C@@H](CCCN=C(N)N)C(=O)CF. The normalized spacial score (nSPS) is 16.6. The summed E-state index contributed by atoms with van der Waals surface area (Å²) in [5.74, 6) is -2.49. The van der Waals surface area contributed by atoms with Crippen molar-refractivity contribution in [2.45, 2.75) is 64.6 Å². The van der Waals surface area contributed by atoms with Crippen LogP contribution in [0.3, 0.4) is 0 Å². The molecule has 1 heterocycles. The largest absolute Gasteiger partial charge is 0.445 e. The van der Waals surface area contributed by atoms with Crippen molar-refractivity contribution in [1.82, 2.24) is 10.2 Å². The van der Waals surface area contributed by atoms with E-state index in [1.807, 2.05) is 30.3 Å². The number of ether oxygens (including phenoxy) is 1. The third-order valence-electron chi connectivity index (χ3n) is 6.37. The van der Waals surface area contributed by atoms with Crippen LogP contribution in [0.2, 0.25) is 0 Å². The Morgan fingerprint density at radius 2 is 1.89 bits per heavy atom. The van der Waals surface area contributed by atoms with Gasteiger partial charge in [0.15, 0.2) is 17.5 Å². The molecule has 1 aliphatic rings. The summed E-state index contributed by atoms with van der Waals surface area (Å²) in [7, 11) is 0. The van der Waals surface area contributed by atoms with Gasteiger partial charge in [-0.25, -0.2) is 9.18 Å². The maximum Gasteiger partial charge on any atom is 0.408 e. The first-order valence-electron chi connectivity index (χ1n) is 12.6. The highest BCUT2D eigenvalue weighted by atomic mass is 19.1. The number of carbonyl (C=O) groups is 4. The number of amides is 2. The van der Waals surface area contributed by atoms with E-state index >= 15 is 0 Å². The van der Waals surface area contributed by atoms with E-state index in [1.165, 1.54) is 4.90 Å². The van der Waals surface area contributed by atoms with Gasteiger partial charge in [0, 0.05) is 25.4 Å². The molecule has 2 rings (SSSR count). The number of alkyl halides is 1. The molecule has 0 aliphatic carbocycles. The summed E-state index contributed by atoms with van der Waals surface area (Å²) >= 11 is 0. The summed E-state index contributed by atoms with van der Waals surface area (Å²) in [6.45, 7) is 3.09. The summed E-state index contributed by atoms with van der Waals surface area (Å²) in [5.41, 5.74) is 11.4. The quantitative estimate of drug-likeness (QED) is 0.193. The zero-order valence-corrected chi connectivity index (χ0v) is 21.5. The lowest BCUT2D eigenvalue weighted by Gasteiger charge is -2.30. The highest BCUT2D eigenvalue weighted by molar-refractivity contribution is 5.95. The molecule has 10 nitrogen and oxygen atoms in total. The molecular weight excluding hydrogens is 481 g/mol. The second-order valence-corrected chi connectivity index (χ2v) is 9.53. The predicted octanol–water partition coefficient (Wildman–Crippen LogP) is 2.10. The van der Waals surface area contributed by atoms with Crippen molar-refractivity contribution < 1.29 is 28.3 Å². The zero-order valence-electron chi connectivity index (χ0n) is 21.5. The van der Waals surface area contributed by atoms with Crippen molar-refractivity contribution in [1.29, 1.82) is 0 Å². The molecule has 5 N–H and O–H groups in total. The van der Waals surface area contributed by atoms with Gasteiger partial charge >= 0.3 is 6.09 Å². The number of nitrogens with zero attached hydrogens (tertiary/aromatic N) is 2. The molecule has 1 aromatic rings. The van der Waals surface area contributed by atoms with E-state index in [2.05, 4.69) is 10.3 Å². The number of carbonyl (C=O) groups excluding carboxylic acids is 4. The minimum absolute atomic E-state index is 0.0592. The lowest BCUT2D eigenvalue weighted by molar-refractivity contribution is -0.140. The monoisotopic (exact) mass is 519 g/mol. The van der Waals surface area contributed by atoms with Gasteiger partial charge in [-0.05, 0) is 37.2 Å². The van der Waals surface area contributed by atoms with E-state index < -0.39 is 36.6 Å². The first kappa shape index (κ1) is 29.7. The van der Waals surface area contributed by atoms with Gasteiger partial charge in [-0.3, -0.25) is 19.4 Å². The van der Waals surface area contributed by atoms with Crippen molar-refractivity contribution in [3.8, 4) is 0 Å². The average molecular weight is 520 g/mol. The first-order valence-corrected chi connectivity index (χ1v) is 12.6. The van der Waals surface area contributed by atoms with Crippen LogP contribution < -0.4 is 16.8 Å². The molecule has 1 aliphatic heterocycles. The molecule has 204 valence electrons. The second-order valence-electron chi connectivity index (χ2n) is 9.53. The Balaban J connectivity index is 2.01. The maximum absolute atomic E-state index is 13.4. The van der Waals surface area contributed by atoms with Crippen molar-refractivity contribution in [2.24, 2.45) is 28.3 Å². The maximum atomic E-state index is 13.4. The molecule has 1 fully saturated rings. The fourth-order valence-corrected chi connectivity index (χ4v) is 4.36. The van der Waals surface area contributed by atoms with Gasteiger partial charge < -0.3 is 26.4 Å². The van der Waals surface area contributed by atoms with Gasteiger partial charge in [-0.15, -0.1) is 0 Å². The molecule has 0 unspecified atom stereocenters. The fraction of sp³-hybridized carbons (Fsp3) is 0.577. The van der Waals surface area contributed by atoms with Crippen LogP contribution >= 0.6 is 0 Å². The lowest BCUT2D eigenvalue weighted by Crippen LogP contribution is -2.54. The van der Waals surface area contributed by atoms with E-state index in [4.69, 9.17) is 16.2 Å². The highest BCUT2D eigenvalue weighted by Crippen LogP contribution is 2.25. The molecule has 0 radical (unpaired) electrons. The average Bonchev–Trinajstić information content (AvgIpc) is 3.37. The van der Waals surface area contributed by atoms with Crippen LogP contribution in [0.4, 0.5) is 9.18 Å². The Morgan fingerprint density at radius 1 is 1.19 bits per heavy atom. The van der Waals surface area contributed by atoms with E-state index in [-0.39, 0.29) is 49.6 Å². The Kier molecular flexibility index (Phi) is 12.0. The standard InChI is InChI=1S/C26H38FN5O5/c1-17(2)23(31-26(36)37-16-18-8-4-3-5-9-18)24(35)32-13-7-11-20(32)21(33)14-19(22(34)15-27)10-6-12-30-25(28)29/h3-5,8-9,17,19-20,23H,6-7,10-16H2,1-2H3,(H,31,36)(H4,28,29,30)/t19-,20+,23+/m1/s1. The molecule has 0 saturated carbocycles. The molecule has 3 atom stereocenters. The van der Waals surface area contributed by atoms with Crippen molar-refractivity contribution in [3.63, 3.8) is 0 Å². The number of rotatable bonds is 14. The topological polar surface area (TPSA) is 157 Å². The number of hydrogen-bond acceptors (Lipinski definition) is 6. The van der Waals surface area contributed by atoms with Gasteiger partial charge in [-0.2, -0.15) is 0 Å². The van der Waals surface area contributed by atoms with Gasteiger partial charge in [0.25, 0.3) is 0 Å². The minimum atomic E-state index is -1.17. The summed E-state index contributed by atoms with van der Waals surface area (Å²) in [6, 6.07) is 7.53. The number of benzene rings is 1. The summed E-state index contributed by atoms with van der Waals surface area (Å²) in [6.07, 6.45) is 0.829. The number of aliphatic imine (C=N–C) groups is 1. The number of halogens is 1. The Bertz CT molecular complexity index is 952. The molecule has 0 aromatic heterocycles. The summed E-state index contributed by atoms with van der Waals surface area (Å²) in [4.78, 5) is 56.4. The lowest BCUT2D eigenvalue weighted by atomic mass is 9.90. The zero-order chi connectivity index (χ0) is 27.4. The Labute approximate surface area is 217 Å². The molecule has 37 heavy (non-hydrogen) atoms. The number of hydrogen-bond donors (Lipinski definition) is 3. The molecule has 0 bridgehead atoms. The fourth-order valence-electron chi connectivity index (χ4n) is 4.36. The summed E-state index contributed by atoms with van der Waals surface area (Å²) in [5, 5.41) is 2.63. The van der Waals surface area contributed by atoms with Crippen LogP contribution in [0.25, 0.3) is 0 Å². The molecule has 1 aromatic carbocycles. The molecule has 0 spiro atoms. The number of nitrogens with two attached hydrogens (primary N) is 2. The highest BCUT2D eigenvalue weighted by Gasteiger charge is 2.39. The van der Waals surface area contributed by atoms with Gasteiger partial charge in [0.05, 0.1) is 6.04 Å². The van der Waals surface area contributed by atoms with Crippen molar-refractivity contribution in [2.75, 3.05) is 19.8 Å². The third kappa shape index (κ3) is 9.47. The van der Waals surface area contributed by atoms with Crippen molar-refractivity contribution >= 4 is 29.5 Å². The predicted molar refractivity (Wildman–Crippen MR) is 137 cm³/mol. The van der Waals surface area contributed by atoms with Crippen LogP contribution in [0, 0.1) is 11.8 Å². The molecule has 11 heteroatoms. The number of likely N-dealkylation sites (tertiary alicyclic amines) is 1. The van der Waals surface area contributed by atoms with Crippen LogP contribution in [0.5, 0.6) is 0 Å². The number of ketones is 2. The molecule has 1 saturated heterocycles. The van der Waals surface area contributed by atoms with Crippen LogP contribution in [0.1, 0.15) is 51.5 Å². The Hall–Kier alpha value is -3.50. The van der Waals surface area contributed by atoms with Gasteiger partial charge in [0.2, 0.25) is 5.91 Å². The molecule has 2 amide bonds. The number of guanidine groups is 1. The van der Waals surface area contributed by atoms with Crippen LogP contribution in [-0.4, -0.2) is 66.3 Å². The number of nitrogens with one attached hydrogen (secondary N) is 1. The number of Topliss-reactive ketones (excluding diaryl/α,β-unsaturated/α-hetero) is 2. The van der Waals surface area contributed by atoms with Gasteiger partial charge in [-0.1, -0.05) is 44.2 Å². The van der Waals surface area contributed by atoms with E-state index in [0.717, 1.165) is 5.56 Å². The van der Waals surface area contributed by atoms with Crippen LogP contribution in [-0.2, 0) is 25.7 Å². The van der Waals surface area contributed by atoms with E-state index in [0.29, 0.717) is 25.8 Å². The summed E-state index contributed by atoms with van der Waals surface area (Å²) < 4.78 is 18.4. The van der Waals surface area contributed by atoms with E-state index in [1.54, 1.807) is 13.8 Å². The van der Waals surface area contributed by atoms with Gasteiger partial charge in [0.1, 0.15) is 19.3 Å². The second kappa shape index (κ2) is 14.9. The number of alkyl carbamates (subject to hydrolysis) is 1. The minimum Gasteiger partial charge on any atom is -0.445 e. The van der Waals surface area contributed by atoms with Crippen molar-refractivity contribution in [3.05, 3.63) is 35.9 Å². The van der Waals surface area contributed by atoms with Crippen LogP contribution in [0.15, 0.2) is 35.3 Å². The third-order valence-corrected chi connectivity index (χ3v) is 6.37. The first-order chi connectivity index (χ1) is 17.6.